The van der Waals surface area contributed by atoms with Crippen molar-refractivity contribution in [2.24, 2.45) is 5.41 Å². The summed E-state index contributed by atoms with van der Waals surface area (Å²) in [6.45, 7) is 2.92. The van der Waals surface area contributed by atoms with E-state index in [0.717, 1.165) is 13.0 Å². The van der Waals surface area contributed by atoms with E-state index in [9.17, 15) is 4.79 Å². The summed E-state index contributed by atoms with van der Waals surface area (Å²) in [5, 5.41) is 3.42. The fraction of sp³-hybridized carbons (Fsp3) is 0.500. The lowest BCUT2D eigenvalue weighted by Crippen LogP contribution is -2.30. The minimum atomic E-state index is -0.130. The van der Waals surface area contributed by atoms with E-state index in [0.29, 0.717) is 21.7 Å². The van der Waals surface area contributed by atoms with Gasteiger partial charge in [-0.05, 0) is 42.9 Å². The van der Waals surface area contributed by atoms with Gasteiger partial charge in [0.15, 0.2) is 0 Å². The van der Waals surface area contributed by atoms with E-state index in [1.54, 1.807) is 18.2 Å². The van der Waals surface area contributed by atoms with Gasteiger partial charge in [0.1, 0.15) is 0 Å². The van der Waals surface area contributed by atoms with Crippen LogP contribution < -0.4 is 11.1 Å². The molecule has 1 aliphatic rings. The molecule has 0 saturated heterocycles. The summed E-state index contributed by atoms with van der Waals surface area (Å²) in [5.74, 6) is -0.130. The van der Waals surface area contributed by atoms with Crippen molar-refractivity contribution in [2.75, 3.05) is 12.3 Å². The number of rotatable bonds is 5. The van der Waals surface area contributed by atoms with Crippen molar-refractivity contribution in [3.8, 4) is 0 Å². The van der Waals surface area contributed by atoms with Gasteiger partial charge in [-0.25, -0.2) is 0 Å². The topological polar surface area (TPSA) is 55.1 Å². The maximum absolute atomic E-state index is 12.0. The van der Waals surface area contributed by atoms with Crippen LogP contribution in [0.2, 0.25) is 5.02 Å². The highest BCUT2D eigenvalue weighted by atomic mass is 35.5. The lowest BCUT2D eigenvalue weighted by atomic mass is 10.0. The van der Waals surface area contributed by atoms with Crippen molar-refractivity contribution in [3.05, 3.63) is 28.8 Å². The Morgan fingerprint density at radius 3 is 2.83 bits per heavy atom. The lowest BCUT2D eigenvalue weighted by Gasteiger charge is -2.15. The van der Waals surface area contributed by atoms with Crippen molar-refractivity contribution < 1.29 is 4.79 Å². The standard InChI is InChI=1S/C14H19ClN2O/c1-2-5-14(6-7-14)9-17-13(18)11-8-10(16)3-4-12(11)15/h3-4,8H,2,5-7,9,16H2,1H3,(H,17,18). The molecule has 0 aromatic heterocycles. The molecule has 1 saturated carbocycles. The molecule has 0 bridgehead atoms. The average molecular weight is 267 g/mol. The van der Waals surface area contributed by atoms with E-state index in [2.05, 4.69) is 12.2 Å². The van der Waals surface area contributed by atoms with Crippen LogP contribution in [-0.4, -0.2) is 12.5 Å². The molecule has 0 unspecified atom stereocenters. The van der Waals surface area contributed by atoms with Crippen molar-refractivity contribution in [1.82, 2.24) is 5.32 Å². The SMILES string of the molecule is CCCC1(CNC(=O)c2cc(N)ccc2Cl)CC1. The molecular weight excluding hydrogens is 248 g/mol. The minimum absolute atomic E-state index is 0.130. The van der Waals surface area contributed by atoms with Gasteiger partial charge in [-0.1, -0.05) is 24.9 Å². The number of hydrogen-bond acceptors (Lipinski definition) is 2. The number of carbonyl (C=O) groups excluding carboxylic acids is 1. The predicted molar refractivity (Wildman–Crippen MR) is 74.8 cm³/mol. The molecule has 0 aliphatic heterocycles. The first kappa shape index (κ1) is 13.2. The molecule has 1 fully saturated rings. The Morgan fingerprint density at radius 1 is 1.50 bits per heavy atom. The van der Waals surface area contributed by atoms with Gasteiger partial charge in [0, 0.05) is 12.2 Å². The first-order chi connectivity index (χ1) is 8.56. The number of halogens is 1. The zero-order chi connectivity index (χ0) is 13.2. The highest BCUT2D eigenvalue weighted by Gasteiger charge is 2.41. The van der Waals surface area contributed by atoms with Crippen LogP contribution in [0.5, 0.6) is 0 Å². The zero-order valence-corrected chi connectivity index (χ0v) is 11.4. The summed E-state index contributed by atoms with van der Waals surface area (Å²) in [7, 11) is 0. The van der Waals surface area contributed by atoms with Crippen LogP contribution in [0, 0.1) is 5.41 Å². The van der Waals surface area contributed by atoms with Crippen molar-refractivity contribution >= 4 is 23.2 Å². The number of hydrogen-bond donors (Lipinski definition) is 2. The van der Waals surface area contributed by atoms with Crippen molar-refractivity contribution in [2.45, 2.75) is 32.6 Å². The van der Waals surface area contributed by atoms with Gasteiger partial charge in [0.05, 0.1) is 10.6 Å². The van der Waals surface area contributed by atoms with Gasteiger partial charge in [0.25, 0.3) is 5.91 Å². The predicted octanol–water partition coefficient (Wildman–Crippen LogP) is 3.23. The first-order valence-corrected chi connectivity index (χ1v) is 6.77. The number of anilines is 1. The highest BCUT2D eigenvalue weighted by Crippen LogP contribution is 2.48. The lowest BCUT2D eigenvalue weighted by molar-refractivity contribution is 0.0944. The molecule has 1 aliphatic carbocycles. The van der Waals surface area contributed by atoms with E-state index >= 15 is 0 Å². The second kappa shape index (κ2) is 5.19. The zero-order valence-electron chi connectivity index (χ0n) is 10.6. The Labute approximate surface area is 113 Å². The summed E-state index contributed by atoms with van der Waals surface area (Å²) < 4.78 is 0. The largest absolute Gasteiger partial charge is 0.399 e. The Kier molecular flexibility index (Phi) is 3.81. The third-order valence-electron chi connectivity index (χ3n) is 3.60. The molecule has 1 aromatic rings. The van der Waals surface area contributed by atoms with Crippen molar-refractivity contribution in [3.63, 3.8) is 0 Å². The molecule has 0 heterocycles. The second-order valence-corrected chi connectivity index (χ2v) is 5.58. The number of carbonyl (C=O) groups is 1. The van der Waals surface area contributed by atoms with E-state index in [1.165, 1.54) is 19.3 Å². The van der Waals surface area contributed by atoms with Crippen LogP contribution in [0.15, 0.2) is 18.2 Å². The summed E-state index contributed by atoms with van der Waals surface area (Å²) in [5.41, 5.74) is 7.03. The fourth-order valence-electron chi connectivity index (χ4n) is 2.30. The number of nitrogens with two attached hydrogens (primary N) is 1. The number of nitrogens with one attached hydrogen (secondary N) is 1. The Balaban J connectivity index is 1.98. The van der Waals surface area contributed by atoms with Crippen LogP contribution in [0.1, 0.15) is 43.0 Å². The molecule has 98 valence electrons. The summed E-state index contributed by atoms with van der Waals surface area (Å²) in [6.07, 6.45) is 4.77. The Bertz CT molecular complexity index is 455. The van der Waals surface area contributed by atoms with Crippen LogP contribution in [0.4, 0.5) is 5.69 Å². The molecule has 0 atom stereocenters. The second-order valence-electron chi connectivity index (χ2n) is 5.17. The molecule has 18 heavy (non-hydrogen) atoms. The Morgan fingerprint density at radius 2 is 2.22 bits per heavy atom. The van der Waals surface area contributed by atoms with E-state index < -0.39 is 0 Å². The maximum Gasteiger partial charge on any atom is 0.252 e. The fourth-order valence-corrected chi connectivity index (χ4v) is 2.51. The molecule has 1 amide bonds. The number of benzene rings is 1. The normalized spacial score (nSPS) is 16.3. The van der Waals surface area contributed by atoms with E-state index in [4.69, 9.17) is 17.3 Å². The molecule has 0 spiro atoms. The van der Waals surface area contributed by atoms with Crippen LogP contribution in [0.25, 0.3) is 0 Å². The van der Waals surface area contributed by atoms with Gasteiger partial charge >= 0.3 is 0 Å². The average Bonchev–Trinajstić information content (AvgIpc) is 3.10. The van der Waals surface area contributed by atoms with Gasteiger partial charge in [-0.2, -0.15) is 0 Å². The smallest absolute Gasteiger partial charge is 0.252 e. The van der Waals surface area contributed by atoms with Gasteiger partial charge in [0.2, 0.25) is 0 Å². The molecule has 0 radical (unpaired) electrons. The van der Waals surface area contributed by atoms with E-state index in [-0.39, 0.29) is 5.91 Å². The maximum atomic E-state index is 12.0. The summed E-state index contributed by atoms with van der Waals surface area (Å²) in [4.78, 5) is 12.0. The molecule has 3 nitrogen and oxygen atoms in total. The molecular formula is C14H19ClN2O. The van der Waals surface area contributed by atoms with Gasteiger partial charge < -0.3 is 11.1 Å². The van der Waals surface area contributed by atoms with Crippen LogP contribution in [0.3, 0.4) is 0 Å². The van der Waals surface area contributed by atoms with Gasteiger partial charge in [-0.15, -0.1) is 0 Å². The summed E-state index contributed by atoms with van der Waals surface area (Å²) in [6, 6.07) is 4.97. The molecule has 1 aromatic carbocycles. The third-order valence-corrected chi connectivity index (χ3v) is 3.93. The first-order valence-electron chi connectivity index (χ1n) is 6.39. The number of amides is 1. The number of nitrogen functional groups attached to an aromatic ring is 1. The van der Waals surface area contributed by atoms with Crippen LogP contribution in [-0.2, 0) is 0 Å². The van der Waals surface area contributed by atoms with E-state index in [1.807, 2.05) is 0 Å². The molecule has 2 rings (SSSR count). The van der Waals surface area contributed by atoms with Crippen molar-refractivity contribution in [1.29, 1.82) is 0 Å². The quantitative estimate of drug-likeness (QED) is 0.804. The summed E-state index contributed by atoms with van der Waals surface area (Å²) >= 11 is 6.00. The molecule has 4 heteroatoms. The van der Waals surface area contributed by atoms with Crippen LogP contribution >= 0.6 is 11.6 Å². The third kappa shape index (κ3) is 2.96. The Hall–Kier alpha value is -1.22. The highest BCUT2D eigenvalue weighted by molar-refractivity contribution is 6.34. The minimum Gasteiger partial charge on any atom is -0.399 e. The van der Waals surface area contributed by atoms with Gasteiger partial charge in [-0.3, -0.25) is 4.79 Å². The monoisotopic (exact) mass is 266 g/mol. The molecule has 3 N–H and O–H groups in total.